The summed E-state index contributed by atoms with van der Waals surface area (Å²) in [6, 6.07) is 29.2. The molecule has 0 bridgehead atoms. The normalized spacial score (nSPS) is 12.6. The molecule has 0 saturated heterocycles. The fraction of sp³-hybridized carbons (Fsp3) is 0.200. The predicted molar refractivity (Wildman–Crippen MR) is 119 cm³/mol. The maximum Gasteiger partial charge on any atom is 0.182 e. The smallest absolute Gasteiger partial charge is 0.182 e. The van der Waals surface area contributed by atoms with Gasteiger partial charge < -0.3 is 0 Å². The lowest BCUT2D eigenvalue weighted by atomic mass is 10.1. The van der Waals surface area contributed by atoms with Crippen molar-refractivity contribution in [2.75, 3.05) is 12.3 Å². The molecule has 0 spiro atoms. The van der Waals surface area contributed by atoms with Crippen LogP contribution >= 0.6 is 0 Å². The Balaban J connectivity index is 1.78. The van der Waals surface area contributed by atoms with E-state index in [1.807, 2.05) is 42.5 Å². The molecule has 3 nitrogen and oxygen atoms in total. The Bertz CT molecular complexity index is 1020. The summed E-state index contributed by atoms with van der Waals surface area (Å²) in [5.41, 5.74) is 3.07. The summed E-state index contributed by atoms with van der Waals surface area (Å²) >= 11 is 0. The van der Waals surface area contributed by atoms with Crippen molar-refractivity contribution >= 4 is 9.84 Å². The fourth-order valence-electron chi connectivity index (χ4n) is 3.40. The molecule has 0 aliphatic rings. The van der Waals surface area contributed by atoms with Gasteiger partial charge in [0.2, 0.25) is 0 Å². The third-order valence-electron chi connectivity index (χ3n) is 4.98. The molecule has 0 aliphatic carbocycles. The monoisotopic (exact) mass is 405 g/mol. The van der Waals surface area contributed by atoms with Gasteiger partial charge in [0.15, 0.2) is 9.84 Å². The summed E-state index contributed by atoms with van der Waals surface area (Å²) in [6.45, 7) is 7.49. The zero-order chi connectivity index (χ0) is 20.7. The third kappa shape index (κ3) is 5.89. The molecule has 0 aromatic heterocycles. The quantitative estimate of drug-likeness (QED) is 0.455. The first-order chi connectivity index (χ1) is 14.0. The molecular formula is C25H27NO2S. The number of nitrogens with zero attached hydrogens (tertiary/aromatic N) is 1. The molecule has 3 rings (SSSR count). The lowest BCUT2D eigenvalue weighted by Gasteiger charge is -2.30. The van der Waals surface area contributed by atoms with Gasteiger partial charge in [-0.05, 0) is 35.8 Å². The Labute approximate surface area is 174 Å². The second-order valence-corrected chi connectivity index (χ2v) is 9.29. The Hall–Kier alpha value is -2.69. The van der Waals surface area contributed by atoms with E-state index in [1.54, 1.807) is 24.3 Å². The van der Waals surface area contributed by atoms with Crippen LogP contribution in [-0.2, 0) is 16.4 Å². The van der Waals surface area contributed by atoms with Crippen molar-refractivity contribution in [3.8, 4) is 0 Å². The number of hydrogen-bond donors (Lipinski definition) is 0. The van der Waals surface area contributed by atoms with Crippen molar-refractivity contribution in [1.29, 1.82) is 0 Å². The first kappa shape index (κ1) is 21.0. The summed E-state index contributed by atoms with van der Waals surface area (Å²) in [5, 5.41) is 0. The number of rotatable bonds is 9. The highest BCUT2D eigenvalue weighted by molar-refractivity contribution is 7.91. The molecule has 0 aliphatic heterocycles. The van der Waals surface area contributed by atoms with E-state index in [-0.39, 0.29) is 11.8 Å². The molecule has 0 amide bonds. The highest BCUT2D eigenvalue weighted by atomic mass is 32.2. The zero-order valence-corrected chi connectivity index (χ0v) is 17.6. The Morgan fingerprint density at radius 1 is 0.862 bits per heavy atom. The zero-order valence-electron chi connectivity index (χ0n) is 16.7. The molecule has 0 unspecified atom stereocenters. The minimum absolute atomic E-state index is 0.0518. The first-order valence-electron chi connectivity index (χ1n) is 9.73. The standard InChI is InChI=1S/C25H27NO2S/c1-21(20-29(27,28)25-16-10-5-11-17-25)18-26(19-23-12-6-3-7-13-23)22(2)24-14-8-4-9-15-24/h3-17,22H,1,18-20H2,2H3/t22-/m0/s1. The molecule has 0 saturated carbocycles. The van der Waals surface area contributed by atoms with Crippen LogP contribution in [0.5, 0.6) is 0 Å². The van der Waals surface area contributed by atoms with Crippen LogP contribution in [0.3, 0.4) is 0 Å². The van der Waals surface area contributed by atoms with Gasteiger partial charge in [-0.2, -0.15) is 0 Å². The van der Waals surface area contributed by atoms with Crippen LogP contribution < -0.4 is 0 Å². The highest BCUT2D eigenvalue weighted by Crippen LogP contribution is 2.24. The summed E-state index contributed by atoms with van der Waals surface area (Å²) in [4.78, 5) is 2.61. The van der Waals surface area contributed by atoms with Crippen LogP contribution in [0.1, 0.15) is 24.1 Å². The molecule has 1 atom stereocenters. The Kier molecular flexibility index (Phi) is 7.02. The lowest BCUT2D eigenvalue weighted by Crippen LogP contribution is -2.30. The van der Waals surface area contributed by atoms with Gasteiger partial charge in [-0.15, -0.1) is 0 Å². The van der Waals surface area contributed by atoms with Gasteiger partial charge in [-0.1, -0.05) is 85.4 Å². The van der Waals surface area contributed by atoms with Gasteiger partial charge in [0, 0.05) is 19.1 Å². The minimum atomic E-state index is -3.39. The van der Waals surface area contributed by atoms with Gasteiger partial charge in [0.1, 0.15) is 0 Å². The van der Waals surface area contributed by atoms with Gasteiger partial charge in [-0.3, -0.25) is 4.90 Å². The first-order valence-corrected chi connectivity index (χ1v) is 11.4. The second kappa shape index (κ2) is 9.68. The second-order valence-electron chi connectivity index (χ2n) is 7.30. The fourth-order valence-corrected chi connectivity index (χ4v) is 4.77. The van der Waals surface area contributed by atoms with Crippen LogP contribution in [0.4, 0.5) is 0 Å². The van der Waals surface area contributed by atoms with E-state index < -0.39 is 9.84 Å². The number of hydrogen-bond acceptors (Lipinski definition) is 3. The minimum Gasteiger partial charge on any atom is -0.288 e. The third-order valence-corrected chi connectivity index (χ3v) is 6.76. The van der Waals surface area contributed by atoms with Gasteiger partial charge in [-0.25, -0.2) is 8.42 Å². The van der Waals surface area contributed by atoms with Crippen molar-refractivity contribution in [1.82, 2.24) is 4.90 Å². The van der Waals surface area contributed by atoms with E-state index in [4.69, 9.17) is 0 Å². The molecule has 0 N–H and O–H groups in total. The average molecular weight is 406 g/mol. The molecule has 4 heteroatoms. The molecule has 0 fully saturated rings. The molecule has 29 heavy (non-hydrogen) atoms. The van der Waals surface area contributed by atoms with E-state index >= 15 is 0 Å². The van der Waals surface area contributed by atoms with Crippen LogP contribution in [0.25, 0.3) is 0 Å². The lowest BCUT2D eigenvalue weighted by molar-refractivity contribution is 0.220. The van der Waals surface area contributed by atoms with E-state index in [9.17, 15) is 8.42 Å². The molecule has 0 heterocycles. The largest absolute Gasteiger partial charge is 0.288 e. The highest BCUT2D eigenvalue weighted by Gasteiger charge is 2.21. The van der Waals surface area contributed by atoms with Gasteiger partial charge >= 0.3 is 0 Å². The predicted octanol–water partition coefficient (Wildman–Crippen LogP) is 5.28. The average Bonchev–Trinajstić information content (AvgIpc) is 2.74. The summed E-state index contributed by atoms with van der Waals surface area (Å²) < 4.78 is 25.5. The van der Waals surface area contributed by atoms with Crippen molar-refractivity contribution in [3.63, 3.8) is 0 Å². The summed E-state index contributed by atoms with van der Waals surface area (Å²) in [6.07, 6.45) is 0. The van der Waals surface area contributed by atoms with E-state index in [0.717, 1.165) is 6.54 Å². The van der Waals surface area contributed by atoms with Crippen molar-refractivity contribution < 1.29 is 8.42 Å². The molecule has 150 valence electrons. The van der Waals surface area contributed by atoms with Crippen LogP contribution in [0, 0.1) is 0 Å². The molecular weight excluding hydrogens is 378 g/mol. The molecule has 0 radical (unpaired) electrons. The number of sulfone groups is 1. The molecule has 3 aromatic carbocycles. The topological polar surface area (TPSA) is 37.4 Å². The Morgan fingerprint density at radius 2 is 1.38 bits per heavy atom. The van der Waals surface area contributed by atoms with Crippen LogP contribution in [-0.4, -0.2) is 25.6 Å². The van der Waals surface area contributed by atoms with Crippen molar-refractivity contribution in [2.45, 2.75) is 24.4 Å². The van der Waals surface area contributed by atoms with Crippen molar-refractivity contribution in [3.05, 3.63) is 114 Å². The van der Waals surface area contributed by atoms with Crippen LogP contribution in [0.2, 0.25) is 0 Å². The number of benzene rings is 3. The van der Waals surface area contributed by atoms with Gasteiger partial charge in [0.05, 0.1) is 10.6 Å². The SMILES string of the molecule is C=C(CN(Cc1ccccc1)[C@@H](C)c1ccccc1)CS(=O)(=O)c1ccccc1. The van der Waals surface area contributed by atoms with Crippen LogP contribution in [0.15, 0.2) is 108 Å². The summed E-state index contributed by atoms with van der Waals surface area (Å²) in [5.74, 6) is -0.0518. The van der Waals surface area contributed by atoms with Gasteiger partial charge in [0.25, 0.3) is 0 Å². The van der Waals surface area contributed by atoms with E-state index in [0.29, 0.717) is 17.0 Å². The maximum absolute atomic E-state index is 12.7. The van der Waals surface area contributed by atoms with E-state index in [2.05, 4.69) is 42.7 Å². The van der Waals surface area contributed by atoms with Crippen molar-refractivity contribution in [2.24, 2.45) is 0 Å². The Morgan fingerprint density at radius 3 is 1.97 bits per heavy atom. The van der Waals surface area contributed by atoms with E-state index in [1.165, 1.54) is 11.1 Å². The molecule has 3 aromatic rings. The summed E-state index contributed by atoms with van der Waals surface area (Å²) in [7, 11) is -3.39. The maximum atomic E-state index is 12.7.